The normalized spacial score (nSPS) is 9.82. The summed E-state index contributed by atoms with van der Waals surface area (Å²) in [4.78, 5) is 0. The van der Waals surface area contributed by atoms with Gasteiger partial charge in [0.05, 0.1) is 12.5 Å². The fraction of sp³-hybridized carbons (Fsp3) is 0.214. The van der Waals surface area contributed by atoms with Gasteiger partial charge in [0.15, 0.2) is 0 Å². The molecule has 0 bridgehead atoms. The second-order valence-corrected chi connectivity index (χ2v) is 4.62. The van der Waals surface area contributed by atoms with Gasteiger partial charge in [-0.05, 0) is 46.5 Å². The van der Waals surface area contributed by atoms with E-state index in [2.05, 4.69) is 28.2 Å². The van der Waals surface area contributed by atoms with Gasteiger partial charge in [0.1, 0.15) is 0 Å². The predicted octanol–water partition coefficient (Wildman–Crippen LogP) is 3.47. The summed E-state index contributed by atoms with van der Waals surface area (Å²) in [6.45, 7) is 0.939. The van der Waals surface area contributed by atoms with E-state index in [-0.39, 0.29) is 0 Å². The van der Waals surface area contributed by atoms with Crippen molar-refractivity contribution in [3.63, 3.8) is 0 Å². The van der Waals surface area contributed by atoms with Gasteiger partial charge in [-0.25, -0.2) is 0 Å². The van der Waals surface area contributed by atoms with Crippen LogP contribution in [0.5, 0.6) is 0 Å². The molecule has 2 nitrogen and oxygen atoms in total. The average Bonchev–Trinajstić information content (AvgIpc) is 2.85. The number of rotatable bonds is 5. The quantitative estimate of drug-likeness (QED) is 0.871. The summed E-state index contributed by atoms with van der Waals surface area (Å²) < 4.78 is 0. The molecule has 0 radical (unpaired) electrons. The molecule has 0 saturated carbocycles. The minimum absolute atomic E-state index is 0.481. The second-order valence-electron chi connectivity index (χ2n) is 3.84. The Balaban J connectivity index is 1.81. The van der Waals surface area contributed by atoms with Crippen LogP contribution >= 0.6 is 11.3 Å². The molecule has 0 unspecified atom stereocenters. The van der Waals surface area contributed by atoms with Gasteiger partial charge in [-0.3, -0.25) is 0 Å². The SMILES string of the molecule is N#CCc1ccc(NCCc2ccsc2)cc1. The molecule has 1 N–H and O–H groups in total. The molecule has 3 heteroatoms. The van der Waals surface area contributed by atoms with Crippen molar-refractivity contribution in [1.29, 1.82) is 5.26 Å². The zero-order valence-corrected chi connectivity index (χ0v) is 10.3. The van der Waals surface area contributed by atoms with E-state index in [1.165, 1.54) is 5.56 Å². The monoisotopic (exact) mass is 242 g/mol. The molecule has 0 atom stereocenters. The Kier molecular flexibility index (Phi) is 4.17. The molecule has 0 aliphatic heterocycles. The van der Waals surface area contributed by atoms with Gasteiger partial charge in [-0.2, -0.15) is 16.6 Å². The second kappa shape index (κ2) is 6.07. The molecular weight excluding hydrogens is 228 g/mol. The Labute approximate surface area is 106 Å². The molecule has 1 aromatic carbocycles. The van der Waals surface area contributed by atoms with Crippen LogP contribution in [0, 0.1) is 11.3 Å². The molecule has 0 fully saturated rings. The number of hydrogen-bond donors (Lipinski definition) is 1. The van der Waals surface area contributed by atoms with Gasteiger partial charge in [0.25, 0.3) is 0 Å². The Morgan fingerprint density at radius 1 is 1.12 bits per heavy atom. The highest BCUT2D eigenvalue weighted by molar-refractivity contribution is 7.07. The van der Waals surface area contributed by atoms with Gasteiger partial charge in [-0.15, -0.1) is 0 Å². The molecule has 0 aliphatic carbocycles. The van der Waals surface area contributed by atoms with Crippen LogP contribution in [-0.4, -0.2) is 6.54 Å². The highest BCUT2D eigenvalue weighted by Gasteiger charge is 1.95. The molecule has 0 spiro atoms. The number of nitrogens with one attached hydrogen (secondary N) is 1. The molecule has 1 aromatic heterocycles. The van der Waals surface area contributed by atoms with E-state index in [1.807, 2.05) is 24.3 Å². The van der Waals surface area contributed by atoms with E-state index >= 15 is 0 Å². The zero-order chi connectivity index (χ0) is 11.9. The first kappa shape index (κ1) is 11.7. The van der Waals surface area contributed by atoms with Gasteiger partial charge in [0.2, 0.25) is 0 Å². The molecule has 0 amide bonds. The highest BCUT2D eigenvalue weighted by Crippen LogP contribution is 2.11. The molecule has 17 heavy (non-hydrogen) atoms. The Bertz CT molecular complexity index is 480. The third kappa shape index (κ3) is 3.61. The van der Waals surface area contributed by atoms with Crippen molar-refractivity contribution in [1.82, 2.24) is 0 Å². The van der Waals surface area contributed by atoms with Crippen molar-refractivity contribution in [3.05, 3.63) is 52.2 Å². The summed E-state index contributed by atoms with van der Waals surface area (Å²) in [6.07, 6.45) is 1.53. The van der Waals surface area contributed by atoms with E-state index in [4.69, 9.17) is 5.26 Å². The van der Waals surface area contributed by atoms with Crippen molar-refractivity contribution < 1.29 is 0 Å². The number of benzene rings is 1. The molecule has 0 aliphatic rings. The maximum Gasteiger partial charge on any atom is 0.0669 e. The largest absolute Gasteiger partial charge is 0.385 e. The van der Waals surface area contributed by atoms with E-state index < -0.39 is 0 Å². The van der Waals surface area contributed by atoms with Crippen molar-refractivity contribution in [2.24, 2.45) is 0 Å². The van der Waals surface area contributed by atoms with E-state index in [0.717, 1.165) is 24.2 Å². The van der Waals surface area contributed by atoms with Crippen LogP contribution < -0.4 is 5.32 Å². The van der Waals surface area contributed by atoms with Gasteiger partial charge < -0.3 is 5.32 Å². The Morgan fingerprint density at radius 2 is 1.94 bits per heavy atom. The first-order valence-electron chi connectivity index (χ1n) is 5.59. The van der Waals surface area contributed by atoms with Crippen LogP contribution in [0.2, 0.25) is 0 Å². The summed E-state index contributed by atoms with van der Waals surface area (Å²) in [7, 11) is 0. The third-order valence-corrected chi connectivity index (χ3v) is 3.29. The van der Waals surface area contributed by atoms with E-state index in [1.54, 1.807) is 11.3 Å². The van der Waals surface area contributed by atoms with Crippen molar-refractivity contribution in [2.75, 3.05) is 11.9 Å². The maximum atomic E-state index is 8.57. The molecule has 0 saturated heterocycles. The van der Waals surface area contributed by atoms with E-state index in [9.17, 15) is 0 Å². The first-order chi connectivity index (χ1) is 8.38. The molecule has 86 valence electrons. The van der Waals surface area contributed by atoms with Gasteiger partial charge >= 0.3 is 0 Å². The first-order valence-corrected chi connectivity index (χ1v) is 6.53. The number of hydrogen-bond acceptors (Lipinski definition) is 3. The van der Waals surface area contributed by atoms with Crippen LogP contribution in [0.1, 0.15) is 11.1 Å². The number of thiophene rings is 1. The number of nitrogens with zero attached hydrogens (tertiary/aromatic N) is 1. The summed E-state index contributed by atoms with van der Waals surface area (Å²) in [6, 6.07) is 12.3. The van der Waals surface area contributed by atoms with Crippen LogP contribution in [0.15, 0.2) is 41.1 Å². The van der Waals surface area contributed by atoms with E-state index in [0.29, 0.717) is 6.42 Å². The highest BCUT2D eigenvalue weighted by atomic mass is 32.1. The molecule has 1 heterocycles. The summed E-state index contributed by atoms with van der Waals surface area (Å²) >= 11 is 1.73. The van der Waals surface area contributed by atoms with Crippen molar-refractivity contribution in [3.8, 4) is 6.07 Å². The molecule has 2 rings (SSSR count). The van der Waals surface area contributed by atoms with Gasteiger partial charge in [-0.1, -0.05) is 12.1 Å². The van der Waals surface area contributed by atoms with Crippen molar-refractivity contribution in [2.45, 2.75) is 12.8 Å². The lowest BCUT2D eigenvalue weighted by Gasteiger charge is -2.05. The van der Waals surface area contributed by atoms with Crippen LogP contribution in [0.25, 0.3) is 0 Å². The summed E-state index contributed by atoms with van der Waals surface area (Å²) in [5, 5.41) is 16.2. The molecular formula is C14H14N2S. The average molecular weight is 242 g/mol. The third-order valence-electron chi connectivity index (χ3n) is 2.56. The fourth-order valence-electron chi connectivity index (χ4n) is 1.62. The number of anilines is 1. The summed E-state index contributed by atoms with van der Waals surface area (Å²) in [5.74, 6) is 0. The van der Waals surface area contributed by atoms with Crippen LogP contribution in [0.3, 0.4) is 0 Å². The van der Waals surface area contributed by atoms with Gasteiger partial charge in [0, 0.05) is 12.2 Å². The lowest BCUT2D eigenvalue weighted by Crippen LogP contribution is -2.04. The minimum Gasteiger partial charge on any atom is -0.385 e. The number of nitriles is 1. The van der Waals surface area contributed by atoms with Crippen molar-refractivity contribution >= 4 is 17.0 Å². The molecule has 2 aromatic rings. The lowest BCUT2D eigenvalue weighted by atomic mass is 10.1. The minimum atomic E-state index is 0.481. The van der Waals surface area contributed by atoms with Crippen LogP contribution in [-0.2, 0) is 12.8 Å². The smallest absolute Gasteiger partial charge is 0.0669 e. The lowest BCUT2D eigenvalue weighted by molar-refractivity contribution is 1.03. The summed E-state index contributed by atoms with van der Waals surface area (Å²) in [5.41, 5.74) is 3.56. The van der Waals surface area contributed by atoms with Crippen LogP contribution in [0.4, 0.5) is 5.69 Å². The standard InChI is InChI=1S/C14H14N2S/c15-8-5-12-1-3-14(4-2-12)16-9-6-13-7-10-17-11-13/h1-4,7,10-11,16H,5-6,9H2. The Morgan fingerprint density at radius 3 is 2.59 bits per heavy atom. The maximum absolute atomic E-state index is 8.57. The predicted molar refractivity (Wildman–Crippen MR) is 72.3 cm³/mol. The zero-order valence-electron chi connectivity index (χ0n) is 9.52. The fourth-order valence-corrected chi connectivity index (χ4v) is 2.32. The topological polar surface area (TPSA) is 35.8 Å². The Hall–Kier alpha value is -1.79.